The quantitative estimate of drug-likeness (QED) is 0.207. The van der Waals surface area contributed by atoms with Crippen LogP contribution in [0.3, 0.4) is 0 Å². The highest BCUT2D eigenvalue weighted by molar-refractivity contribution is 5.27. The normalized spacial score (nSPS) is 11.5. The number of quaternary nitrogens is 2. The number of hydrogen-bond acceptors (Lipinski definition) is 6. The summed E-state index contributed by atoms with van der Waals surface area (Å²) in [5, 5.41) is 22.6. The number of aromatic nitrogens is 4. The smallest absolute Gasteiger partial charge is 0.390 e. The molecule has 30 heavy (non-hydrogen) atoms. The highest BCUT2D eigenvalue weighted by atomic mass is 35.5. The second-order valence-corrected chi connectivity index (χ2v) is 8.83. The van der Waals surface area contributed by atoms with Crippen LogP contribution in [0.4, 0.5) is 11.6 Å². The van der Waals surface area contributed by atoms with Crippen LogP contribution in [0.25, 0.3) is 0 Å². The van der Waals surface area contributed by atoms with E-state index in [0.29, 0.717) is 46.5 Å². The van der Waals surface area contributed by atoms with Crippen LogP contribution in [-0.4, -0.2) is 80.2 Å². The molecule has 0 aliphatic heterocycles. The Labute approximate surface area is 187 Å². The highest BCUT2D eigenvalue weighted by Gasteiger charge is 2.29. The number of nitro groups is 2. The maximum absolute atomic E-state index is 11.3. The molecular formula is C16H28Cl2N8O4. The lowest BCUT2D eigenvalue weighted by molar-refractivity contribution is -0.884. The van der Waals surface area contributed by atoms with Gasteiger partial charge in [0, 0.05) is 13.1 Å². The Morgan fingerprint density at radius 3 is 1.30 bits per heavy atom. The van der Waals surface area contributed by atoms with E-state index < -0.39 is 9.85 Å². The lowest BCUT2D eigenvalue weighted by Crippen LogP contribution is -3.00. The number of hydrogen-bond donors (Lipinski definition) is 0. The van der Waals surface area contributed by atoms with Crippen molar-refractivity contribution in [3.05, 3.63) is 44.3 Å². The van der Waals surface area contributed by atoms with E-state index in [4.69, 9.17) is 0 Å². The zero-order valence-corrected chi connectivity index (χ0v) is 19.5. The predicted octanol–water partition coefficient (Wildman–Crippen LogP) is -4.98. The largest absolute Gasteiger partial charge is 1.00 e. The maximum atomic E-state index is 11.3. The van der Waals surface area contributed by atoms with Gasteiger partial charge in [-0.25, -0.2) is 0 Å². The van der Waals surface area contributed by atoms with E-state index in [1.165, 1.54) is 12.7 Å². The first-order chi connectivity index (χ1) is 12.8. The Balaban J connectivity index is 0.00000420. The Morgan fingerprint density at radius 1 is 0.767 bits per heavy atom. The Morgan fingerprint density at radius 2 is 1.07 bits per heavy atom. The molecule has 0 aromatic carbocycles. The van der Waals surface area contributed by atoms with Gasteiger partial charge in [0.05, 0.1) is 42.3 Å². The minimum absolute atomic E-state index is 0. The standard InChI is InChI=1S/C16H28N8O4.2ClH/c1-23(2,3)9-13-15(21(25)26)17-11-19(13)7-8-20-12-18-16(22(27)28)14(20)10-24(4,5)6;;/h11-12H,7-10H2,1-6H3;2*1H/q+2;;/p-2. The van der Waals surface area contributed by atoms with Crippen molar-refractivity contribution in [2.45, 2.75) is 26.2 Å². The Hall–Kier alpha value is -2.28. The van der Waals surface area contributed by atoms with Crippen LogP contribution >= 0.6 is 0 Å². The molecule has 0 spiro atoms. The summed E-state index contributed by atoms with van der Waals surface area (Å²) in [5.74, 6) is -0.313. The van der Waals surface area contributed by atoms with E-state index in [-0.39, 0.29) is 36.4 Å². The topological polar surface area (TPSA) is 122 Å². The second-order valence-electron chi connectivity index (χ2n) is 8.83. The summed E-state index contributed by atoms with van der Waals surface area (Å²) in [6, 6.07) is 0. The average molecular weight is 467 g/mol. The minimum atomic E-state index is -0.480. The fraction of sp³-hybridized carbons (Fsp3) is 0.625. The van der Waals surface area contributed by atoms with Gasteiger partial charge in [-0.2, -0.15) is 0 Å². The van der Waals surface area contributed by atoms with Crippen LogP contribution in [0.1, 0.15) is 11.4 Å². The number of rotatable bonds is 9. The van der Waals surface area contributed by atoms with Crippen LogP contribution in [0, 0.1) is 20.2 Å². The molecule has 0 saturated carbocycles. The van der Waals surface area contributed by atoms with Gasteiger partial charge < -0.3 is 63.1 Å². The van der Waals surface area contributed by atoms with Gasteiger partial charge in [0.1, 0.15) is 13.1 Å². The number of halogens is 2. The summed E-state index contributed by atoms with van der Waals surface area (Å²) in [7, 11) is 11.7. The molecule has 2 aromatic rings. The fourth-order valence-electron chi connectivity index (χ4n) is 2.92. The summed E-state index contributed by atoms with van der Waals surface area (Å²) >= 11 is 0. The van der Waals surface area contributed by atoms with Gasteiger partial charge in [-0.1, -0.05) is 0 Å². The number of imidazole rings is 2. The fourth-order valence-corrected chi connectivity index (χ4v) is 2.92. The van der Waals surface area contributed by atoms with E-state index in [9.17, 15) is 20.2 Å². The summed E-state index contributed by atoms with van der Waals surface area (Å²) in [6.07, 6.45) is 2.90. The van der Waals surface area contributed by atoms with Crippen molar-refractivity contribution in [2.75, 3.05) is 42.3 Å². The summed E-state index contributed by atoms with van der Waals surface area (Å²) in [6.45, 7) is 1.67. The predicted molar refractivity (Wildman–Crippen MR) is 101 cm³/mol. The molecule has 0 fully saturated rings. The summed E-state index contributed by atoms with van der Waals surface area (Å²) in [5.41, 5.74) is 1.06. The van der Waals surface area contributed by atoms with E-state index in [2.05, 4.69) is 9.97 Å². The van der Waals surface area contributed by atoms with Crippen molar-refractivity contribution in [2.24, 2.45) is 0 Å². The third-order valence-electron chi connectivity index (χ3n) is 4.02. The molecule has 12 nitrogen and oxygen atoms in total. The molecule has 0 saturated heterocycles. The van der Waals surface area contributed by atoms with E-state index in [1.54, 1.807) is 9.13 Å². The molecule has 0 unspecified atom stereocenters. The van der Waals surface area contributed by atoms with E-state index in [0.717, 1.165) is 0 Å². The van der Waals surface area contributed by atoms with Gasteiger partial charge in [-0.05, 0) is 19.8 Å². The van der Waals surface area contributed by atoms with Crippen LogP contribution in [0.2, 0.25) is 0 Å². The van der Waals surface area contributed by atoms with Crippen molar-refractivity contribution in [3.8, 4) is 0 Å². The Kier molecular flexibility index (Phi) is 9.38. The number of aryl methyl sites for hydroxylation is 2. The highest BCUT2D eigenvalue weighted by Crippen LogP contribution is 2.22. The average Bonchev–Trinajstić information content (AvgIpc) is 3.06. The van der Waals surface area contributed by atoms with Crippen LogP contribution < -0.4 is 24.8 Å². The van der Waals surface area contributed by atoms with Crippen LogP contribution in [0.5, 0.6) is 0 Å². The third-order valence-corrected chi connectivity index (χ3v) is 4.02. The van der Waals surface area contributed by atoms with E-state index in [1.807, 2.05) is 42.3 Å². The zero-order chi connectivity index (χ0) is 21.3. The lowest BCUT2D eigenvalue weighted by atomic mass is 10.3. The molecule has 0 bridgehead atoms. The number of nitrogens with zero attached hydrogens (tertiary/aromatic N) is 8. The third kappa shape index (κ3) is 7.20. The maximum Gasteiger partial charge on any atom is 0.390 e. The van der Waals surface area contributed by atoms with Crippen LogP contribution in [0.15, 0.2) is 12.7 Å². The minimum Gasteiger partial charge on any atom is -1.00 e. The van der Waals surface area contributed by atoms with Gasteiger partial charge in [-0.3, -0.25) is 0 Å². The zero-order valence-electron chi connectivity index (χ0n) is 17.9. The molecule has 2 aromatic heterocycles. The molecule has 0 atom stereocenters. The van der Waals surface area contributed by atoms with Gasteiger partial charge in [0.2, 0.25) is 12.7 Å². The molecule has 2 rings (SSSR count). The van der Waals surface area contributed by atoms with Crippen molar-refractivity contribution >= 4 is 11.6 Å². The van der Waals surface area contributed by atoms with E-state index >= 15 is 0 Å². The molecule has 14 heteroatoms. The first-order valence-electron chi connectivity index (χ1n) is 8.76. The molecule has 0 radical (unpaired) electrons. The summed E-state index contributed by atoms with van der Waals surface area (Å²) in [4.78, 5) is 29.6. The molecule has 2 heterocycles. The molecule has 0 amide bonds. The van der Waals surface area contributed by atoms with Gasteiger partial charge in [0.15, 0.2) is 11.4 Å². The second kappa shape index (κ2) is 10.2. The van der Waals surface area contributed by atoms with Crippen molar-refractivity contribution in [3.63, 3.8) is 0 Å². The first-order valence-corrected chi connectivity index (χ1v) is 8.76. The first kappa shape index (κ1) is 27.7. The molecular weight excluding hydrogens is 439 g/mol. The molecule has 170 valence electrons. The van der Waals surface area contributed by atoms with Gasteiger partial charge >= 0.3 is 11.6 Å². The molecule has 0 aliphatic rings. The SMILES string of the molecule is C[N+](C)(C)Cc1c([N+](=O)[O-])ncn1CCn1cnc([N+](=O)[O-])c1C[N+](C)(C)C.[Cl-].[Cl-]. The van der Waals surface area contributed by atoms with Crippen molar-refractivity contribution in [1.29, 1.82) is 0 Å². The van der Waals surface area contributed by atoms with Gasteiger partial charge in [-0.15, -0.1) is 0 Å². The molecule has 0 aliphatic carbocycles. The Bertz CT molecular complexity index is 811. The van der Waals surface area contributed by atoms with Gasteiger partial charge in [0.25, 0.3) is 0 Å². The molecule has 0 N–H and O–H groups in total. The lowest BCUT2D eigenvalue weighted by Gasteiger charge is -2.24. The monoisotopic (exact) mass is 466 g/mol. The van der Waals surface area contributed by atoms with Crippen LogP contribution in [-0.2, 0) is 26.2 Å². The van der Waals surface area contributed by atoms with Crippen molar-refractivity contribution in [1.82, 2.24) is 19.1 Å². The summed E-state index contributed by atoms with van der Waals surface area (Å²) < 4.78 is 4.50. The van der Waals surface area contributed by atoms with Crippen molar-refractivity contribution < 1.29 is 43.6 Å².